The molecule has 2 aromatic carbocycles. The molecular formula is C23H25NO2. The SMILES string of the molecule is CC1(C)[C@@H]2CC[C@@]1(C)[C@]1(C2)Oc2ccccc2C(=O)N1c1ccccc1. The Morgan fingerprint density at radius 3 is 2.35 bits per heavy atom. The van der Waals surface area contributed by atoms with Crippen LogP contribution in [0.4, 0.5) is 5.69 Å². The van der Waals surface area contributed by atoms with Gasteiger partial charge in [-0.1, -0.05) is 51.1 Å². The summed E-state index contributed by atoms with van der Waals surface area (Å²) in [6.07, 6.45) is 3.20. The van der Waals surface area contributed by atoms with Crippen molar-refractivity contribution in [3.63, 3.8) is 0 Å². The van der Waals surface area contributed by atoms with Gasteiger partial charge in [-0.2, -0.15) is 0 Å². The van der Waals surface area contributed by atoms with Crippen LogP contribution in [0, 0.1) is 16.7 Å². The smallest absolute Gasteiger partial charge is 0.265 e. The Balaban J connectivity index is 1.77. The van der Waals surface area contributed by atoms with Gasteiger partial charge >= 0.3 is 0 Å². The number of rotatable bonds is 1. The van der Waals surface area contributed by atoms with Crippen molar-refractivity contribution in [1.82, 2.24) is 0 Å². The summed E-state index contributed by atoms with van der Waals surface area (Å²) in [7, 11) is 0. The van der Waals surface area contributed by atoms with Gasteiger partial charge in [0.05, 0.1) is 5.56 Å². The summed E-state index contributed by atoms with van der Waals surface area (Å²) in [5.41, 5.74) is 1.01. The molecule has 2 aliphatic carbocycles. The molecule has 1 amide bonds. The average Bonchev–Trinajstić information content (AvgIpc) is 2.95. The van der Waals surface area contributed by atoms with Crippen molar-refractivity contribution in [1.29, 1.82) is 0 Å². The Bertz CT molecular complexity index is 890. The van der Waals surface area contributed by atoms with Crippen molar-refractivity contribution in [3.8, 4) is 5.75 Å². The van der Waals surface area contributed by atoms with Crippen LogP contribution in [0.2, 0.25) is 0 Å². The fraction of sp³-hybridized carbons (Fsp3) is 0.435. The van der Waals surface area contributed by atoms with E-state index in [1.54, 1.807) is 0 Å². The fourth-order valence-electron chi connectivity index (χ4n) is 5.85. The van der Waals surface area contributed by atoms with Crippen molar-refractivity contribution < 1.29 is 9.53 Å². The van der Waals surface area contributed by atoms with Gasteiger partial charge in [-0.3, -0.25) is 9.69 Å². The van der Waals surface area contributed by atoms with Crippen LogP contribution in [0.3, 0.4) is 0 Å². The minimum atomic E-state index is -0.619. The Labute approximate surface area is 155 Å². The molecule has 0 saturated heterocycles. The molecule has 2 saturated carbocycles. The summed E-state index contributed by atoms with van der Waals surface area (Å²) in [4.78, 5) is 15.6. The molecule has 2 bridgehead atoms. The molecule has 2 fully saturated rings. The van der Waals surface area contributed by atoms with Gasteiger partial charge in [0.25, 0.3) is 5.91 Å². The number of para-hydroxylation sites is 2. The zero-order valence-electron chi connectivity index (χ0n) is 15.7. The minimum absolute atomic E-state index is 0.0580. The second-order valence-electron chi connectivity index (χ2n) is 8.85. The number of carbonyl (C=O) groups is 1. The second kappa shape index (κ2) is 4.91. The van der Waals surface area contributed by atoms with E-state index >= 15 is 0 Å². The molecule has 2 aromatic rings. The highest BCUT2D eigenvalue weighted by molar-refractivity contribution is 6.10. The Morgan fingerprint density at radius 1 is 1.00 bits per heavy atom. The van der Waals surface area contributed by atoms with Crippen LogP contribution in [-0.2, 0) is 0 Å². The van der Waals surface area contributed by atoms with Gasteiger partial charge in [0.15, 0.2) is 5.72 Å². The van der Waals surface area contributed by atoms with Crippen LogP contribution in [0.1, 0.15) is 50.4 Å². The maximum atomic E-state index is 13.7. The third-order valence-electron chi connectivity index (χ3n) is 7.80. The topological polar surface area (TPSA) is 29.5 Å². The van der Waals surface area contributed by atoms with E-state index < -0.39 is 5.72 Å². The molecule has 0 N–H and O–H groups in total. The lowest BCUT2D eigenvalue weighted by molar-refractivity contribution is -0.0705. The Morgan fingerprint density at radius 2 is 1.69 bits per heavy atom. The van der Waals surface area contributed by atoms with Crippen LogP contribution in [-0.4, -0.2) is 11.6 Å². The summed E-state index contributed by atoms with van der Waals surface area (Å²) in [5, 5.41) is 0. The minimum Gasteiger partial charge on any atom is -0.466 e. The third-order valence-corrected chi connectivity index (χ3v) is 7.80. The summed E-state index contributed by atoms with van der Waals surface area (Å²) in [6, 6.07) is 17.7. The molecule has 134 valence electrons. The fourth-order valence-corrected chi connectivity index (χ4v) is 5.85. The van der Waals surface area contributed by atoms with E-state index in [0.717, 1.165) is 24.3 Å². The molecule has 3 heteroatoms. The lowest BCUT2D eigenvalue weighted by Gasteiger charge is -2.55. The second-order valence-corrected chi connectivity index (χ2v) is 8.85. The monoisotopic (exact) mass is 347 g/mol. The van der Waals surface area contributed by atoms with Crippen molar-refractivity contribution in [3.05, 3.63) is 60.2 Å². The molecule has 26 heavy (non-hydrogen) atoms. The van der Waals surface area contributed by atoms with Gasteiger partial charge in [-0.15, -0.1) is 0 Å². The van der Waals surface area contributed by atoms with Crippen LogP contribution < -0.4 is 9.64 Å². The molecule has 3 aliphatic rings. The van der Waals surface area contributed by atoms with Crippen LogP contribution in [0.25, 0.3) is 0 Å². The van der Waals surface area contributed by atoms with E-state index in [1.165, 1.54) is 6.42 Å². The summed E-state index contributed by atoms with van der Waals surface area (Å²) < 4.78 is 6.80. The lowest BCUT2D eigenvalue weighted by Crippen LogP contribution is -2.67. The highest BCUT2D eigenvalue weighted by atomic mass is 16.5. The van der Waals surface area contributed by atoms with Gasteiger partial charge in [0.1, 0.15) is 5.75 Å². The zero-order valence-corrected chi connectivity index (χ0v) is 15.7. The normalized spacial score (nSPS) is 34.0. The van der Waals surface area contributed by atoms with Crippen molar-refractivity contribution >= 4 is 11.6 Å². The molecule has 3 atom stereocenters. The number of ether oxygens (including phenoxy) is 1. The van der Waals surface area contributed by atoms with E-state index in [0.29, 0.717) is 11.5 Å². The molecule has 0 unspecified atom stereocenters. The van der Waals surface area contributed by atoms with Gasteiger partial charge in [-0.25, -0.2) is 0 Å². The number of anilines is 1. The first-order valence-electron chi connectivity index (χ1n) is 9.58. The highest BCUT2D eigenvalue weighted by Gasteiger charge is 2.74. The van der Waals surface area contributed by atoms with E-state index in [9.17, 15) is 4.79 Å². The number of amides is 1. The number of benzene rings is 2. The Kier molecular flexibility index (Phi) is 3.00. The predicted octanol–water partition coefficient (Wildman–Crippen LogP) is 5.27. The first kappa shape index (κ1) is 15.9. The van der Waals surface area contributed by atoms with Crippen LogP contribution in [0.15, 0.2) is 54.6 Å². The summed E-state index contributed by atoms with van der Waals surface area (Å²) in [5.74, 6) is 1.36. The van der Waals surface area contributed by atoms with Crippen molar-refractivity contribution in [2.75, 3.05) is 4.90 Å². The molecule has 5 rings (SSSR count). The molecule has 1 heterocycles. The maximum Gasteiger partial charge on any atom is 0.265 e. The van der Waals surface area contributed by atoms with E-state index in [-0.39, 0.29) is 16.7 Å². The first-order chi connectivity index (χ1) is 12.4. The third kappa shape index (κ3) is 1.67. The van der Waals surface area contributed by atoms with Gasteiger partial charge in [0.2, 0.25) is 0 Å². The zero-order chi connectivity index (χ0) is 18.2. The highest BCUT2D eigenvalue weighted by Crippen LogP contribution is 2.72. The van der Waals surface area contributed by atoms with Crippen LogP contribution in [0.5, 0.6) is 5.75 Å². The summed E-state index contributed by atoms with van der Waals surface area (Å²) in [6.45, 7) is 7.05. The number of carbonyl (C=O) groups excluding carboxylic acids is 1. The molecule has 0 radical (unpaired) electrons. The van der Waals surface area contributed by atoms with Gasteiger partial charge in [-0.05, 0) is 48.4 Å². The van der Waals surface area contributed by atoms with Crippen molar-refractivity contribution in [2.24, 2.45) is 16.7 Å². The predicted molar refractivity (Wildman–Crippen MR) is 102 cm³/mol. The standard InChI is InChI=1S/C23H25NO2/c1-21(2)16-13-14-22(21,3)23(15-16)24(17-9-5-4-6-10-17)20(25)18-11-7-8-12-19(18)26-23/h4-12,16H,13-15H2,1-3H3/t16-,22-,23+/m1/s1. The van der Waals surface area contributed by atoms with Crippen molar-refractivity contribution in [2.45, 2.75) is 45.8 Å². The molecule has 3 nitrogen and oxygen atoms in total. The molecule has 0 aromatic heterocycles. The van der Waals surface area contributed by atoms with Gasteiger partial charge in [0, 0.05) is 17.5 Å². The molecular weight excluding hydrogens is 322 g/mol. The number of hydrogen-bond acceptors (Lipinski definition) is 2. The largest absolute Gasteiger partial charge is 0.466 e. The lowest BCUT2D eigenvalue weighted by atomic mass is 9.66. The summed E-state index contributed by atoms with van der Waals surface area (Å²) >= 11 is 0. The quantitative estimate of drug-likeness (QED) is 0.703. The Hall–Kier alpha value is -2.29. The molecule has 1 spiro atoms. The average molecular weight is 347 g/mol. The van der Waals surface area contributed by atoms with Crippen LogP contribution >= 0.6 is 0 Å². The maximum absolute atomic E-state index is 13.7. The number of fused-ring (bicyclic) bond motifs is 4. The van der Waals surface area contributed by atoms with Gasteiger partial charge < -0.3 is 4.74 Å². The first-order valence-corrected chi connectivity index (χ1v) is 9.58. The molecule has 1 aliphatic heterocycles. The van der Waals surface area contributed by atoms with E-state index in [2.05, 4.69) is 20.8 Å². The van der Waals surface area contributed by atoms with E-state index in [4.69, 9.17) is 4.74 Å². The number of hydrogen-bond donors (Lipinski definition) is 0. The van der Waals surface area contributed by atoms with E-state index in [1.807, 2.05) is 59.5 Å². The number of nitrogens with zero attached hydrogens (tertiary/aromatic N) is 1.